The number of carbonyl (C=O) groups is 9. The molecule has 101 heavy (non-hydrogen) atoms. The highest BCUT2D eigenvalue weighted by Gasteiger charge is 2.79. The molecule has 1 amide bonds. The molecule has 19 nitrogen and oxygen atoms in total. The summed E-state index contributed by atoms with van der Waals surface area (Å²) in [6.07, 6.45) is 0.418. The fourth-order valence-corrected chi connectivity index (χ4v) is 16.9. The van der Waals surface area contributed by atoms with Crippen LogP contribution in [0.2, 0.25) is 0 Å². The van der Waals surface area contributed by atoms with E-state index in [0.29, 0.717) is 31.2 Å². The molecule has 6 aliphatic rings. The van der Waals surface area contributed by atoms with E-state index in [4.69, 9.17) is 23.7 Å². The van der Waals surface area contributed by atoms with Crippen molar-refractivity contribution in [3.8, 4) is 0 Å². The standard InChI is InChI=1S/C47H51NO14.C35H52O4/c1-25-31(60-43(56)36(52)35(28-16-10-7-11-17-28)48-41(54)29-18-12-8-13-19-29)23-47(57)40(61-42(55)30-20-14-9-15-21-30)38-45(6,32(51)22-33-46(38,24-58-33)62-27(3)50)39(53)37(59-26(2)49)34(25)44(47,4)5;1-22(2)13-12-19-33(11)27(16-14-23(3)4)21-34(20-18-25(7)8)30(37)28(17-15-24(5)6)31(38)35(33,32(34)39)29(36)26(9)10/h7-21,31-33,35-38,40,51-52,57H,22-24H2,1-6H3,(H,48,54);13-15,18,26-27,38H,12,16-17,19-21H2,1-11H3/t31-,32-,33+,35-,36+,37+,38-,40-,45+,46-,47+;27-,33+,34+,35-/m00/s1. The monoisotopic (exact) mass is 1390 g/mol. The summed E-state index contributed by atoms with van der Waals surface area (Å²) in [5.74, 6) is -8.71. The van der Waals surface area contributed by atoms with Gasteiger partial charge in [-0.15, -0.1) is 0 Å². The second kappa shape index (κ2) is 30.4. The van der Waals surface area contributed by atoms with E-state index in [1.165, 1.54) is 31.6 Å². The second-order valence-corrected chi connectivity index (χ2v) is 30.8. The summed E-state index contributed by atoms with van der Waals surface area (Å²) < 4.78 is 30.3. The molecular weight excluding hydrogens is 1290 g/mol. The van der Waals surface area contributed by atoms with Crippen LogP contribution in [0.1, 0.15) is 201 Å². The Balaban J connectivity index is 0.000000287. The van der Waals surface area contributed by atoms with Gasteiger partial charge >= 0.3 is 23.9 Å². The Morgan fingerprint density at radius 3 is 1.80 bits per heavy atom. The molecule has 0 spiro atoms. The number of allylic oxidation sites excluding steroid dienone is 10. The Labute approximate surface area is 593 Å². The SMILES string of the molecule is CC(=O)O[C@H]1C(=O)[C@@]2(C)[C@H]([C@H](OC(=O)c3ccccc3)[C@]3(O)C[C@H](OC(=O)[C@H](O)[C@@H](NC(=O)c4ccccc4)c4ccccc4)C(C)=C1C3(C)C)[C@]1(OC(C)=O)CO[C@@H]1C[C@@H]2O.CC(C)=CCC[C@]1(C)[C@@H](CC=C(C)C)C[C@]2(CC=C(C)C)C(=O)C(CC=C(C)C)=C(O)[C@@]1(C(=O)C(C)C)C2=O. The first kappa shape index (κ1) is 78.5. The molecule has 1 aliphatic heterocycles. The topological polar surface area (TPSA) is 293 Å². The van der Waals surface area contributed by atoms with Gasteiger partial charge in [0.15, 0.2) is 46.4 Å². The number of esters is 4. The molecule has 0 unspecified atom stereocenters. The van der Waals surface area contributed by atoms with Crippen LogP contribution in [0.15, 0.2) is 160 Å². The van der Waals surface area contributed by atoms with Crippen molar-refractivity contribution in [1.82, 2.24) is 5.32 Å². The Kier molecular flexibility index (Phi) is 23.6. The number of hydrogen-bond donors (Lipinski definition) is 5. The maximum atomic E-state index is 15.5. The first-order valence-electron chi connectivity index (χ1n) is 35.1. The van der Waals surface area contributed by atoms with Gasteiger partial charge < -0.3 is 49.4 Å². The number of Topliss-reactive ketones (excluding diaryl/α,β-unsaturated/α-hetero) is 4. The van der Waals surface area contributed by atoms with E-state index in [1.807, 2.05) is 74.5 Å². The van der Waals surface area contributed by atoms with E-state index in [0.717, 1.165) is 30.6 Å². The number of aliphatic hydroxyl groups excluding tert-OH is 3. The Morgan fingerprint density at radius 2 is 1.28 bits per heavy atom. The number of benzene rings is 3. The minimum atomic E-state index is -2.39. The number of amides is 1. The van der Waals surface area contributed by atoms with Gasteiger partial charge in [-0.25, -0.2) is 9.59 Å². The number of nitrogens with one attached hydrogen (secondary N) is 1. The molecule has 3 saturated carbocycles. The van der Waals surface area contributed by atoms with Crippen LogP contribution in [-0.2, 0) is 57.2 Å². The lowest BCUT2D eigenvalue weighted by Gasteiger charge is -2.67. The fraction of sp³-hybridized carbons (Fsp3) is 0.524. The van der Waals surface area contributed by atoms with Gasteiger partial charge in [0.05, 0.1) is 41.1 Å². The molecule has 5 aliphatic carbocycles. The summed E-state index contributed by atoms with van der Waals surface area (Å²) in [4.78, 5) is 127. The molecule has 5 N–H and O–H groups in total. The Morgan fingerprint density at radius 1 is 0.713 bits per heavy atom. The molecule has 9 rings (SSSR count). The molecule has 19 heteroatoms. The average molecular weight is 1390 g/mol. The average Bonchev–Trinajstić information content (AvgIpc) is 0.676. The number of carbonyl (C=O) groups excluding carboxylic acids is 9. The van der Waals surface area contributed by atoms with Gasteiger partial charge in [-0.05, 0) is 160 Å². The van der Waals surface area contributed by atoms with Gasteiger partial charge in [-0.2, -0.15) is 0 Å². The van der Waals surface area contributed by atoms with Gasteiger partial charge in [0.25, 0.3) is 5.91 Å². The van der Waals surface area contributed by atoms with Crippen LogP contribution in [-0.4, -0.2) is 128 Å². The van der Waals surface area contributed by atoms with Gasteiger partial charge in [0.2, 0.25) is 0 Å². The molecule has 544 valence electrons. The van der Waals surface area contributed by atoms with Crippen LogP contribution in [0.5, 0.6) is 0 Å². The summed E-state index contributed by atoms with van der Waals surface area (Å²) in [5.41, 5.74) is -6.41. The number of ether oxygens (including phenoxy) is 5. The number of aliphatic hydroxyl groups is 4. The van der Waals surface area contributed by atoms with E-state index in [1.54, 1.807) is 107 Å². The molecule has 3 aromatic rings. The molecular formula is C82H103NO18. The number of rotatable bonds is 21. The van der Waals surface area contributed by atoms with Gasteiger partial charge in [0.1, 0.15) is 29.7 Å². The molecule has 1 heterocycles. The molecule has 0 aromatic heterocycles. The zero-order chi connectivity index (χ0) is 74.9. The molecule has 4 fully saturated rings. The van der Waals surface area contributed by atoms with Gasteiger partial charge in [-0.3, -0.25) is 33.6 Å². The van der Waals surface area contributed by atoms with Crippen LogP contribution in [0.3, 0.4) is 0 Å². The van der Waals surface area contributed by atoms with Crippen LogP contribution >= 0.6 is 0 Å². The van der Waals surface area contributed by atoms with Crippen molar-refractivity contribution in [2.75, 3.05) is 6.61 Å². The minimum absolute atomic E-state index is 0.00289. The smallest absolute Gasteiger partial charge is 0.338 e. The number of hydrogen-bond acceptors (Lipinski definition) is 18. The summed E-state index contributed by atoms with van der Waals surface area (Å²) in [6, 6.07) is 22.9. The van der Waals surface area contributed by atoms with Gasteiger partial charge in [0, 0.05) is 49.2 Å². The van der Waals surface area contributed by atoms with E-state index >= 15 is 4.79 Å². The Bertz CT molecular complexity index is 3900. The Hall–Kier alpha value is -8.23. The lowest BCUT2D eigenvalue weighted by Crippen LogP contribution is -2.82. The van der Waals surface area contributed by atoms with Crippen LogP contribution < -0.4 is 5.32 Å². The molecule has 1 saturated heterocycles. The summed E-state index contributed by atoms with van der Waals surface area (Å²) >= 11 is 0. The lowest BCUT2D eigenvalue weighted by molar-refractivity contribution is -0.346. The largest absolute Gasteiger partial charge is 0.510 e. The van der Waals surface area contributed by atoms with Crippen molar-refractivity contribution < 1.29 is 87.3 Å². The first-order valence-corrected chi connectivity index (χ1v) is 35.1. The highest BCUT2D eigenvalue weighted by Crippen LogP contribution is 2.69. The van der Waals surface area contributed by atoms with E-state index < -0.39 is 135 Å². The predicted octanol–water partition coefficient (Wildman–Crippen LogP) is 12.7. The van der Waals surface area contributed by atoms with E-state index in [-0.39, 0.29) is 82.7 Å². The first-order chi connectivity index (χ1) is 47.3. The third-order valence-electron chi connectivity index (χ3n) is 22.5. The normalized spacial score (nSPS) is 30.5. The van der Waals surface area contributed by atoms with Crippen LogP contribution in [0.4, 0.5) is 0 Å². The summed E-state index contributed by atoms with van der Waals surface area (Å²) in [6.45, 7) is 29.6. The molecule has 3 aromatic carbocycles. The van der Waals surface area contributed by atoms with Crippen molar-refractivity contribution in [1.29, 1.82) is 0 Å². The van der Waals surface area contributed by atoms with Gasteiger partial charge in [-0.1, -0.05) is 148 Å². The summed E-state index contributed by atoms with van der Waals surface area (Å²) in [7, 11) is 0. The highest BCUT2D eigenvalue weighted by molar-refractivity contribution is 6.27. The third-order valence-corrected chi connectivity index (χ3v) is 22.5. The maximum absolute atomic E-state index is 15.5. The van der Waals surface area contributed by atoms with Crippen molar-refractivity contribution in [3.05, 3.63) is 177 Å². The van der Waals surface area contributed by atoms with Crippen molar-refractivity contribution >= 4 is 52.9 Å². The zero-order valence-electron chi connectivity index (χ0n) is 61.6. The third kappa shape index (κ3) is 14.3. The lowest BCUT2D eigenvalue weighted by atomic mass is 9.38. The highest BCUT2D eigenvalue weighted by atomic mass is 16.6. The van der Waals surface area contributed by atoms with Crippen molar-refractivity contribution in [3.63, 3.8) is 0 Å². The van der Waals surface area contributed by atoms with Crippen molar-refractivity contribution in [2.45, 2.75) is 223 Å². The van der Waals surface area contributed by atoms with E-state index in [2.05, 4.69) is 17.5 Å². The van der Waals surface area contributed by atoms with Crippen molar-refractivity contribution in [2.24, 2.45) is 44.8 Å². The van der Waals surface area contributed by atoms with E-state index in [9.17, 15) is 58.8 Å². The number of ketones is 4. The maximum Gasteiger partial charge on any atom is 0.338 e. The summed E-state index contributed by atoms with van der Waals surface area (Å²) in [5, 5.41) is 52.4. The number of fused-ring (bicyclic) bond motifs is 7. The minimum Gasteiger partial charge on any atom is -0.510 e. The fourth-order valence-electron chi connectivity index (χ4n) is 16.9. The molecule has 15 atom stereocenters. The molecule has 0 radical (unpaired) electrons. The zero-order valence-corrected chi connectivity index (χ0v) is 61.6. The van der Waals surface area contributed by atoms with Crippen LogP contribution in [0, 0.1) is 44.8 Å². The predicted molar refractivity (Wildman–Crippen MR) is 379 cm³/mol. The second-order valence-electron chi connectivity index (χ2n) is 30.8. The quantitative estimate of drug-likeness (QED) is 0.0287. The molecule has 4 bridgehead atoms. The van der Waals surface area contributed by atoms with Crippen LogP contribution in [0.25, 0.3) is 0 Å².